The van der Waals surface area contributed by atoms with Crippen LogP contribution in [0.5, 0.6) is 0 Å². The van der Waals surface area contributed by atoms with Crippen molar-refractivity contribution in [3.05, 3.63) is 16.6 Å². The lowest BCUT2D eigenvalue weighted by Crippen LogP contribution is -2.36. The fourth-order valence-corrected chi connectivity index (χ4v) is 2.07. The minimum Gasteiger partial charge on any atom is -0.338 e. The molecule has 0 spiro atoms. The highest BCUT2D eigenvalue weighted by atomic mass is 32.1. The van der Waals surface area contributed by atoms with Gasteiger partial charge in [-0.2, -0.15) is 0 Å². The molecule has 3 nitrogen and oxygen atoms in total. The summed E-state index contributed by atoms with van der Waals surface area (Å²) >= 11 is 1.45. The normalized spacial score (nSPS) is 12.9. The number of hydrogen-bond acceptors (Lipinski definition) is 3. The molecule has 1 aromatic rings. The summed E-state index contributed by atoms with van der Waals surface area (Å²) in [7, 11) is 1.84. The second-order valence-corrected chi connectivity index (χ2v) is 4.99. The van der Waals surface area contributed by atoms with Gasteiger partial charge in [0.2, 0.25) is 0 Å². The van der Waals surface area contributed by atoms with Gasteiger partial charge in [-0.3, -0.25) is 4.79 Å². The Bertz CT molecular complexity index is 308. The van der Waals surface area contributed by atoms with Crippen molar-refractivity contribution in [3.63, 3.8) is 0 Å². The molecule has 1 amide bonds. The highest BCUT2D eigenvalue weighted by molar-refractivity contribution is 7.07. The molecule has 1 unspecified atom stereocenters. The molecule has 0 saturated heterocycles. The van der Waals surface area contributed by atoms with Gasteiger partial charge in [0.05, 0.1) is 5.51 Å². The summed E-state index contributed by atoms with van der Waals surface area (Å²) in [5, 5.41) is 1.79. The second kappa shape index (κ2) is 5.26. The first-order chi connectivity index (χ1) is 7.02. The third kappa shape index (κ3) is 3.30. The van der Waals surface area contributed by atoms with Gasteiger partial charge in [0.1, 0.15) is 5.69 Å². The standard InChI is InChI=1S/C11H18N2OS/c1-8(2)5-9(3)13(4)11(14)10-6-15-7-12-10/h6-9H,5H2,1-4H3. The molecular formula is C11H18N2OS. The van der Waals surface area contributed by atoms with Gasteiger partial charge >= 0.3 is 0 Å². The van der Waals surface area contributed by atoms with E-state index >= 15 is 0 Å². The van der Waals surface area contributed by atoms with E-state index in [0.29, 0.717) is 11.6 Å². The van der Waals surface area contributed by atoms with Crippen LogP contribution in [-0.4, -0.2) is 28.9 Å². The molecule has 0 saturated carbocycles. The minimum atomic E-state index is 0.0180. The third-order valence-corrected chi connectivity index (χ3v) is 3.03. The maximum atomic E-state index is 11.9. The van der Waals surface area contributed by atoms with Crippen molar-refractivity contribution in [2.24, 2.45) is 5.92 Å². The lowest BCUT2D eigenvalue weighted by Gasteiger charge is -2.25. The Morgan fingerprint density at radius 1 is 1.53 bits per heavy atom. The Morgan fingerprint density at radius 2 is 2.20 bits per heavy atom. The van der Waals surface area contributed by atoms with Gasteiger partial charge in [0, 0.05) is 18.5 Å². The molecule has 1 heterocycles. The SMILES string of the molecule is CC(C)CC(C)N(C)C(=O)c1cscn1. The zero-order chi connectivity index (χ0) is 11.4. The molecule has 0 aliphatic rings. The van der Waals surface area contributed by atoms with Crippen LogP contribution in [0, 0.1) is 5.92 Å². The molecule has 0 bridgehead atoms. The Balaban J connectivity index is 2.60. The Labute approximate surface area is 95.1 Å². The average molecular weight is 226 g/mol. The molecule has 0 N–H and O–H groups in total. The smallest absolute Gasteiger partial charge is 0.273 e. The molecule has 0 radical (unpaired) electrons. The highest BCUT2D eigenvalue weighted by Crippen LogP contribution is 2.13. The van der Waals surface area contributed by atoms with E-state index in [0.717, 1.165) is 6.42 Å². The first-order valence-corrected chi connectivity index (χ1v) is 6.12. The van der Waals surface area contributed by atoms with E-state index in [1.54, 1.807) is 15.8 Å². The molecule has 0 aliphatic carbocycles. The maximum Gasteiger partial charge on any atom is 0.273 e. The second-order valence-electron chi connectivity index (χ2n) is 4.27. The molecule has 1 aromatic heterocycles. The van der Waals surface area contributed by atoms with Crippen LogP contribution in [0.3, 0.4) is 0 Å². The summed E-state index contributed by atoms with van der Waals surface area (Å²) < 4.78 is 0. The molecule has 0 fully saturated rings. The third-order valence-electron chi connectivity index (χ3n) is 2.45. The van der Waals surface area contributed by atoms with Crippen LogP contribution in [0.1, 0.15) is 37.7 Å². The van der Waals surface area contributed by atoms with E-state index < -0.39 is 0 Å². The Kier molecular flexibility index (Phi) is 4.27. The molecule has 15 heavy (non-hydrogen) atoms. The van der Waals surface area contributed by atoms with Crippen LogP contribution < -0.4 is 0 Å². The highest BCUT2D eigenvalue weighted by Gasteiger charge is 2.19. The van der Waals surface area contributed by atoms with E-state index in [4.69, 9.17) is 0 Å². The van der Waals surface area contributed by atoms with E-state index in [9.17, 15) is 4.79 Å². The maximum absolute atomic E-state index is 11.9. The predicted octanol–water partition coefficient (Wildman–Crippen LogP) is 2.65. The molecule has 0 aromatic carbocycles. The van der Waals surface area contributed by atoms with Gasteiger partial charge in [0.25, 0.3) is 5.91 Å². The van der Waals surface area contributed by atoms with Crippen molar-refractivity contribution >= 4 is 17.2 Å². The van der Waals surface area contributed by atoms with Gasteiger partial charge in [-0.15, -0.1) is 11.3 Å². The zero-order valence-electron chi connectivity index (χ0n) is 9.73. The lowest BCUT2D eigenvalue weighted by atomic mass is 10.0. The summed E-state index contributed by atoms with van der Waals surface area (Å²) in [5.74, 6) is 0.620. The van der Waals surface area contributed by atoms with E-state index in [2.05, 4.69) is 25.8 Å². The predicted molar refractivity (Wildman–Crippen MR) is 63.1 cm³/mol. The van der Waals surface area contributed by atoms with E-state index in [-0.39, 0.29) is 11.9 Å². The molecule has 84 valence electrons. The summed E-state index contributed by atoms with van der Waals surface area (Å²) in [6, 6.07) is 0.263. The number of aromatic nitrogens is 1. The Morgan fingerprint density at radius 3 is 2.67 bits per heavy atom. The first kappa shape index (κ1) is 12.2. The number of carbonyl (C=O) groups is 1. The van der Waals surface area contributed by atoms with Gasteiger partial charge in [0.15, 0.2) is 0 Å². The number of carbonyl (C=O) groups excluding carboxylic acids is 1. The summed E-state index contributed by atoms with van der Waals surface area (Å²) in [6.45, 7) is 6.40. The van der Waals surface area contributed by atoms with Gasteiger partial charge in [-0.1, -0.05) is 13.8 Å². The lowest BCUT2D eigenvalue weighted by molar-refractivity contribution is 0.0723. The summed E-state index contributed by atoms with van der Waals surface area (Å²) in [4.78, 5) is 17.7. The van der Waals surface area contributed by atoms with Crippen LogP contribution in [0.25, 0.3) is 0 Å². The zero-order valence-corrected chi connectivity index (χ0v) is 10.5. The largest absolute Gasteiger partial charge is 0.338 e. The van der Waals surface area contributed by atoms with Crippen LogP contribution in [-0.2, 0) is 0 Å². The van der Waals surface area contributed by atoms with Crippen LogP contribution in [0.15, 0.2) is 10.9 Å². The monoisotopic (exact) mass is 226 g/mol. The molecule has 4 heteroatoms. The van der Waals surface area contributed by atoms with E-state index in [1.807, 2.05) is 7.05 Å². The van der Waals surface area contributed by atoms with Gasteiger partial charge in [-0.05, 0) is 19.3 Å². The van der Waals surface area contributed by atoms with Crippen molar-refractivity contribution in [3.8, 4) is 0 Å². The van der Waals surface area contributed by atoms with Crippen LogP contribution in [0.2, 0.25) is 0 Å². The molecular weight excluding hydrogens is 208 g/mol. The van der Waals surface area contributed by atoms with Gasteiger partial charge < -0.3 is 4.90 Å². The van der Waals surface area contributed by atoms with E-state index in [1.165, 1.54) is 11.3 Å². The minimum absolute atomic E-state index is 0.0180. The van der Waals surface area contributed by atoms with Crippen LogP contribution >= 0.6 is 11.3 Å². The fraction of sp³-hybridized carbons (Fsp3) is 0.636. The van der Waals surface area contributed by atoms with Gasteiger partial charge in [-0.25, -0.2) is 4.98 Å². The average Bonchev–Trinajstić information content (AvgIpc) is 2.67. The number of rotatable bonds is 4. The first-order valence-electron chi connectivity index (χ1n) is 5.17. The fourth-order valence-electron chi connectivity index (χ4n) is 1.54. The number of nitrogens with zero attached hydrogens (tertiary/aromatic N) is 2. The molecule has 0 aliphatic heterocycles. The number of hydrogen-bond donors (Lipinski definition) is 0. The number of amides is 1. The van der Waals surface area contributed by atoms with Crippen LogP contribution in [0.4, 0.5) is 0 Å². The molecule has 1 atom stereocenters. The topological polar surface area (TPSA) is 33.2 Å². The van der Waals surface area contributed by atoms with Crippen molar-refractivity contribution in [1.29, 1.82) is 0 Å². The quantitative estimate of drug-likeness (QED) is 0.790. The summed E-state index contributed by atoms with van der Waals surface area (Å²) in [6.07, 6.45) is 1.02. The van der Waals surface area contributed by atoms with Crippen molar-refractivity contribution in [2.45, 2.75) is 33.2 Å². The summed E-state index contributed by atoms with van der Waals surface area (Å²) in [5.41, 5.74) is 2.24. The molecule has 1 rings (SSSR count). The number of thiazole rings is 1. The van der Waals surface area contributed by atoms with Crippen molar-refractivity contribution in [2.75, 3.05) is 7.05 Å². The van der Waals surface area contributed by atoms with Crippen molar-refractivity contribution < 1.29 is 4.79 Å². The Hall–Kier alpha value is -0.900. The van der Waals surface area contributed by atoms with Crippen molar-refractivity contribution in [1.82, 2.24) is 9.88 Å².